The predicted octanol–water partition coefficient (Wildman–Crippen LogP) is 7.71. The summed E-state index contributed by atoms with van der Waals surface area (Å²) < 4.78 is 14.9. The Morgan fingerprint density at radius 2 is 1.74 bits per heavy atom. The fourth-order valence-electron chi connectivity index (χ4n) is 5.32. The number of benzene rings is 3. The van der Waals surface area contributed by atoms with E-state index in [4.69, 9.17) is 14.5 Å². The number of nitrogens with zero attached hydrogens (tertiary/aromatic N) is 3. The van der Waals surface area contributed by atoms with Gasteiger partial charge in [0.1, 0.15) is 12.4 Å². The van der Waals surface area contributed by atoms with Crippen LogP contribution in [0.15, 0.2) is 90.7 Å². The van der Waals surface area contributed by atoms with E-state index in [1.807, 2.05) is 43.3 Å². The minimum atomic E-state index is -0.677. The van der Waals surface area contributed by atoms with Crippen LogP contribution in [0.1, 0.15) is 74.8 Å². The van der Waals surface area contributed by atoms with E-state index in [-0.39, 0.29) is 24.5 Å². The molecule has 1 aliphatic rings. The highest BCUT2D eigenvalue weighted by Crippen LogP contribution is 2.36. The van der Waals surface area contributed by atoms with E-state index in [0.717, 1.165) is 28.7 Å². The van der Waals surface area contributed by atoms with Gasteiger partial charge >= 0.3 is 5.97 Å². The van der Waals surface area contributed by atoms with Crippen molar-refractivity contribution in [3.63, 3.8) is 0 Å². The molecule has 1 aromatic heterocycles. The first-order valence-electron chi connectivity index (χ1n) is 15.2. The van der Waals surface area contributed by atoms with Crippen molar-refractivity contribution in [1.82, 2.24) is 4.57 Å². The molecule has 3 aromatic carbocycles. The largest absolute Gasteiger partial charge is 0.487 e. The number of thiazole rings is 1. The van der Waals surface area contributed by atoms with Crippen LogP contribution < -0.4 is 19.6 Å². The molecule has 0 bridgehead atoms. The number of carbonyl (C=O) groups is 1. The van der Waals surface area contributed by atoms with Crippen LogP contribution in [0.3, 0.4) is 0 Å². The second-order valence-electron chi connectivity index (χ2n) is 11.3. The van der Waals surface area contributed by atoms with Crippen LogP contribution in [0.2, 0.25) is 0 Å². The first-order valence-corrected chi connectivity index (χ1v) is 17.6. The predicted molar refractivity (Wildman–Crippen MR) is 189 cm³/mol. The van der Waals surface area contributed by atoms with Crippen LogP contribution in [0, 0.1) is 10.1 Å². The Labute approximate surface area is 292 Å². The fourth-order valence-corrected chi connectivity index (χ4v) is 7.79. The molecule has 0 saturated carbocycles. The van der Waals surface area contributed by atoms with Crippen LogP contribution in [0.4, 0.5) is 5.69 Å². The molecule has 0 unspecified atom stereocenters. The summed E-state index contributed by atoms with van der Waals surface area (Å²) in [5.74, 6) is 0.415. The molecule has 0 saturated heterocycles. The zero-order chi connectivity index (χ0) is 33.8. The van der Waals surface area contributed by atoms with E-state index in [1.54, 1.807) is 29.7 Å². The second kappa shape index (κ2) is 14.9. The molecule has 0 aliphatic carbocycles. The van der Waals surface area contributed by atoms with Gasteiger partial charge in [0.15, 0.2) is 4.80 Å². The summed E-state index contributed by atoms with van der Waals surface area (Å²) in [5, 5.41) is 11.0. The average Bonchev–Trinajstić information content (AvgIpc) is 3.34. The van der Waals surface area contributed by atoms with Crippen LogP contribution in [-0.4, -0.2) is 22.1 Å². The van der Waals surface area contributed by atoms with Crippen molar-refractivity contribution in [2.45, 2.75) is 59.1 Å². The standard InChI is InChI=1S/C35H33Br2N3O6S/c1-5-7-28-30(34(42)45-6-2)31(24-12-10-23(11-13-24)20(3)4)39-33(41)29(47-35(39)38-28)18-22-16-26(36)32(27(37)17-22)46-19-21-8-14-25(15-9-21)40(43)44/h8-18,20,31H,5-7,19H2,1-4H3/b29-18-/t31-/m0/s1. The molecule has 47 heavy (non-hydrogen) atoms. The molecule has 1 aliphatic heterocycles. The number of halogens is 2. The van der Waals surface area contributed by atoms with E-state index in [1.165, 1.54) is 23.5 Å². The zero-order valence-electron chi connectivity index (χ0n) is 26.3. The van der Waals surface area contributed by atoms with Crippen molar-refractivity contribution >= 4 is 60.9 Å². The van der Waals surface area contributed by atoms with Crippen molar-refractivity contribution in [2.24, 2.45) is 4.99 Å². The van der Waals surface area contributed by atoms with Gasteiger partial charge in [0, 0.05) is 12.1 Å². The van der Waals surface area contributed by atoms with Gasteiger partial charge in [0.25, 0.3) is 11.2 Å². The lowest BCUT2D eigenvalue weighted by molar-refractivity contribution is -0.384. The summed E-state index contributed by atoms with van der Waals surface area (Å²) in [7, 11) is 0. The Morgan fingerprint density at radius 3 is 2.32 bits per heavy atom. The monoisotopic (exact) mass is 781 g/mol. The van der Waals surface area contributed by atoms with Crippen LogP contribution in [0.25, 0.3) is 6.08 Å². The molecule has 12 heteroatoms. The molecule has 1 atom stereocenters. The third kappa shape index (κ3) is 7.50. The van der Waals surface area contributed by atoms with E-state index in [9.17, 15) is 19.7 Å². The summed E-state index contributed by atoms with van der Waals surface area (Å²) in [6.45, 7) is 8.45. The smallest absolute Gasteiger partial charge is 0.338 e. The summed E-state index contributed by atoms with van der Waals surface area (Å²) in [5.41, 5.74) is 4.28. The summed E-state index contributed by atoms with van der Waals surface area (Å²) in [6.07, 6.45) is 3.14. The number of nitro groups is 1. The number of rotatable bonds is 11. The Balaban J connectivity index is 1.55. The van der Waals surface area contributed by atoms with Crippen molar-refractivity contribution in [2.75, 3.05) is 6.61 Å². The molecule has 0 N–H and O–H groups in total. The molecule has 0 radical (unpaired) electrons. The number of ether oxygens (including phenoxy) is 2. The zero-order valence-corrected chi connectivity index (χ0v) is 30.3. The Bertz CT molecular complexity index is 2010. The maximum absolute atomic E-state index is 14.1. The highest BCUT2D eigenvalue weighted by molar-refractivity contribution is 9.11. The van der Waals surface area contributed by atoms with Gasteiger partial charge in [-0.1, -0.05) is 62.8 Å². The van der Waals surface area contributed by atoms with Crippen LogP contribution in [-0.2, 0) is 16.1 Å². The van der Waals surface area contributed by atoms with Gasteiger partial charge in [-0.15, -0.1) is 0 Å². The van der Waals surface area contributed by atoms with E-state index < -0.39 is 16.9 Å². The van der Waals surface area contributed by atoms with Gasteiger partial charge in [-0.25, -0.2) is 9.79 Å². The van der Waals surface area contributed by atoms with Crippen molar-refractivity contribution in [3.05, 3.63) is 133 Å². The number of hydrogen-bond donors (Lipinski definition) is 0. The van der Waals surface area contributed by atoms with E-state index >= 15 is 0 Å². The van der Waals surface area contributed by atoms with Gasteiger partial charge in [-0.05, 0) is 104 Å². The topological polar surface area (TPSA) is 113 Å². The highest BCUT2D eigenvalue weighted by atomic mass is 79.9. The first-order chi connectivity index (χ1) is 22.5. The van der Waals surface area contributed by atoms with E-state index in [0.29, 0.717) is 47.6 Å². The number of non-ortho nitro benzene ring substituents is 1. The minimum absolute atomic E-state index is 0.0137. The van der Waals surface area contributed by atoms with Gasteiger partial charge in [-0.3, -0.25) is 19.5 Å². The van der Waals surface area contributed by atoms with Gasteiger partial charge in [0.2, 0.25) is 0 Å². The number of aromatic nitrogens is 1. The third-order valence-electron chi connectivity index (χ3n) is 7.66. The van der Waals surface area contributed by atoms with Crippen LogP contribution in [0.5, 0.6) is 5.75 Å². The molecule has 4 aromatic rings. The normalized spacial score (nSPS) is 14.6. The van der Waals surface area contributed by atoms with Gasteiger partial charge < -0.3 is 9.47 Å². The van der Waals surface area contributed by atoms with Crippen LogP contribution >= 0.6 is 43.2 Å². The molecule has 2 heterocycles. The highest BCUT2D eigenvalue weighted by Gasteiger charge is 2.34. The lowest BCUT2D eigenvalue weighted by Gasteiger charge is -2.26. The van der Waals surface area contributed by atoms with Gasteiger partial charge in [-0.2, -0.15) is 0 Å². The minimum Gasteiger partial charge on any atom is -0.487 e. The quantitative estimate of drug-likeness (QED) is 0.0876. The summed E-state index contributed by atoms with van der Waals surface area (Å²) in [6, 6.07) is 17.2. The lowest BCUT2D eigenvalue weighted by atomic mass is 9.92. The average molecular weight is 784 g/mol. The number of nitro benzene ring substituents is 1. The van der Waals surface area contributed by atoms with Crippen molar-refractivity contribution in [1.29, 1.82) is 0 Å². The fraction of sp³-hybridized carbons (Fsp3) is 0.286. The molecule has 5 rings (SSSR count). The number of fused-ring (bicyclic) bond motifs is 1. The lowest BCUT2D eigenvalue weighted by Crippen LogP contribution is -2.40. The van der Waals surface area contributed by atoms with Gasteiger partial charge in [0.05, 0.1) is 42.3 Å². The Kier molecular flexibility index (Phi) is 10.9. The summed E-state index contributed by atoms with van der Waals surface area (Å²) >= 11 is 8.46. The number of allylic oxidation sites excluding steroid dienone is 1. The molecule has 0 fully saturated rings. The van der Waals surface area contributed by atoms with Crippen molar-refractivity contribution in [3.8, 4) is 5.75 Å². The summed E-state index contributed by atoms with van der Waals surface area (Å²) in [4.78, 5) is 43.5. The second-order valence-corrected chi connectivity index (χ2v) is 14.0. The number of esters is 1. The maximum atomic E-state index is 14.1. The Morgan fingerprint density at radius 1 is 1.09 bits per heavy atom. The number of carbonyl (C=O) groups excluding carboxylic acids is 1. The Hall–Kier alpha value is -3.87. The van der Waals surface area contributed by atoms with Crippen molar-refractivity contribution < 1.29 is 19.2 Å². The number of hydrogen-bond acceptors (Lipinski definition) is 8. The molecular weight excluding hydrogens is 750 g/mol. The molecular formula is C35H33Br2N3O6S. The molecule has 9 nitrogen and oxygen atoms in total. The van der Waals surface area contributed by atoms with E-state index in [2.05, 4.69) is 45.7 Å². The molecule has 0 amide bonds. The molecule has 0 spiro atoms. The SMILES string of the molecule is CCCC1=C(C(=O)OCC)[C@H](c2ccc(C(C)C)cc2)n2c(s/c(=C\c3cc(Br)c(OCc4ccc([N+](=O)[O-])cc4)c(Br)c3)c2=O)=N1. The maximum Gasteiger partial charge on any atom is 0.338 e. The first kappa shape index (κ1) is 34.5. The molecule has 244 valence electrons. The third-order valence-corrected chi connectivity index (χ3v) is 9.82.